The Morgan fingerprint density at radius 3 is 2.29 bits per heavy atom. The topological polar surface area (TPSA) is 27.7 Å². The van der Waals surface area contributed by atoms with E-state index in [0.717, 1.165) is 6.42 Å². The molecule has 0 fully saturated rings. The summed E-state index contributed by atoms with van der Waals surface area (Å²) in [5.74, 6) is 0. The molecule has 0 amide bonds. The van der Waals surface area contributed by atoms with Crippen molar-refractivity contribution < 1.29 is 13.9 Å². The zero-order valence-electron chi connectivity index (χ0n) is 14.5. The first-order valence-corrected chi connectivity index (χ1v) is 12.0. The highest BCUT2D eigenvalue weighted by atomic mass is 127. The highest BCUT2D eigenvalue weighted by Gasteiger charge is 2.40. The van der Waals surface area contributed by atoms with Gasteiger partial charge in [0.15, 0.2) is 14.6 Å². The van der Waals surface area contributed by atoms with Crippen LogP contribution in [0.4, 0.5) is 0 Å². The average molecular weight is 426 g/mol. The third-order valence-electron chi connectivity index (χ3n) is 4.27. The van der Waals surface area contributed by atoms with Gasteiger partial charge >= 0.3 is 0 Å². The van der Waals surface area contributed by atoms with Crippen LogP contribution in [-0.4, -0.2) is 37.3 Å². The van der Waals surface area contributed by atoms with Gasteiger partial charge in [0.1, 0.15) is 0 Å². The first kappa shape index (κ1) is 19.6. The molecule has 0 N–H and O–H groups in total. The standard InChI is InChI=1S/C16H31IO3Si/c1-8-18-15(12(2)17)19-13-9-10-14(11-13)20-21(6,7)16(3,4)5/h9-10,12-15H,8,11H2,1-7H3/t12?,13-,14+,15?/m0/s1. The van der Waals surface area contributed by atoms with E-state index in [1.54, 1.807) is 0 Å². The fourth-order valence-electron chi connectivity index (χ4n) is 1.99. The molecular weight excluding hydrogens is 395 g/mol. The average Bonchev–Trinajstić information content (AvgIpc) is 2.73. The Hall–Kier alpha value is 0.567. The van der Waals surface area contributed by atoms with Gasteiger partial charge in [-0.15, -0.1) is 0 Å². The second-order valence-electron chi connectivity index (χ2n) is 7.21. The van der Waals surface area contributed by atoms with Crippen molar-refractivity contribution in [2.45, 2.75) is 81.6 Å². The minimum Gasteiger partial charge on any atom is -0.410 e. The monoisotopic (exact) mass is 426 g/mol. The molecule has 4 atom stereocenters. The van der Waals surface area contributed by atoms with E-state index >= 15 is 0 Å². The van der Waals surface area contributed by atoms with Crippen molar-refractivity contribution in [2.75, 3.05) is 6.61 Å². The van der Waals surface area contributed by atoms with Crippen LogP contribution in [0.2, 0.25) is 18.1 Å². The molecule has 0 aromatic carbocycles. The smallest absolute Gasteiger partial charge is 0.192 e. The van der Waals surface area contributed by atoms with E-state index in [9.17, 15) is 0 Å². The van der Waals surface area contributed by atoms with Crippen LogP contribution >= 0.6 is 22.6 Å². The lowest BCUT2D eigenvalue weighted by Gasteiger charge is -2.38. The van der Waals surface area contributed by atoms with Crippen LogP contribution in [-0.2, 0) is 13.9 Å². The Kier molecular flexibility index (Phi) is 7.38. The molecule has 3 nitrogen and oxygen atoms in total. The third kappa shape index (κ3) is 5.93. The molecule has 0 aromatic rings. The van der Waals surface area contributed by atoms with Gasteiger partial charge in [-0.05, 0) is 32.0 Å². The minimum atomic E-state index is -1.72. The molecule has 0 heterocycles. The Morgan fingerprint density at radius 2 is 1.81 bits per heavy atom. The van der Waals surface area contributed by atoms with Gasteiger partial charge in [0, 0.05) is 13.0 Å². The molecular formula is C16H31IO3Si. The Labute approximate surface area is 145 Å². The largest absolute Gasteiger partial charge is 0.410 e. The highest BCUT2D eigenvalue weighted by molar-refractivity contribution is 14.1. The van der Waals surface area contributed by atoms with Crippen LogP contribution in [0.5, 0.6) is 0 Å². The lowest BCUT2D eigenvalue weighted by molar-refractivity contribution is -0.154. The van der Waals surface area contributed by atoms with Crippen LogP contribution < -0.4 is 0 Å². The SMILES string of the molecule is CCOC(O[C@H]1C=C[C@@H](O[Si](C)(C)C(C)(C)C)C1)C(C)I. The maximum atomic E-state index is 6.42. The molecule has 0 saturated carbocycles. The molecule has 2 unspecified atom stereocenters. The summed E-state index contributed by atoms with van der Waals surface area (Å²) in [7, 11) is -1.72. The van der Waals surface area contributed by atoms with Crippen molar-refractivity contribution in [3.63, 3.8) is 0 Å². The molecule has 5 heteroatoms. The Balaban J connectivity index is 2.52. The molecule has 0 spiro atoms. The van der Waals surface area contributed by atoms with Gasteiger partial charge in [0.2, 0.25) is 0 Å². The van der Waals surface area contributed by atoms with E-state index in [1.165, 1.54) is 0 Å². The number of alkyl halides is 1. The summed E-state index contributed by atoms with van der Waals surface area (Å²) >= 11 is 2.35. The molecule has 0 radical (unpaired) electrons. The third-order valence-corrected chi connectivity index (χ3v) is 9.36. The van der Waals surface area contributed by atoms with Crippen molar-refractivity contribution >= 4 is 30.9 Å². The predicted molar refractivity (Wildman–Crippen MR) is 99.6 cm³/mol. The summed E-state index contributed by atoms with van der Waals surface area (Å²) in [6.07, 6.45) is 5.34. The zero-order chi connectivity index (χ0) is 16.3. The molecule has 0 saturated heterocycles. The number of ether oxygens (including phenoxy) is 2. The van der Waals surface area contributed by atoms with Gasteiger partial charge in [-0.1, -0.05) is 55.5 Å². The highest BCUT2D eigenvalue weighted by Crippen LogP contribution is 2.38. The van der Waals surface area contributed by atoms with Crippen LogP contribution in [0.3, 0.4) is 0 Å². The summed E-state index contributed by atoms with van der Waals surface area (Å²) in [4.78, 5) is 0. The van der Waals surface area contributed by atoms with Gasteiger partial charge in [-0.2, -0.15) is 0 Å². The summed E-state index contributed by atoms with van der Waals surface area (Å²) < 4.78 is 18.5. The van der Waals surface area contributed by atoms with Crippen LogP contribution in [0.25, 0.3) is 0 Å². The summed E-state index contributed by atoms with van der Waals surface area (Å²) in [6.45, 7) is 16.2. The predicted octanol–water partition coefficient (Wildman–Crippen LogP) is 4.91. The quantitative estimate of drug-likeness (QED) is 0.190. The molecule has 0 bridgehead atoms. The van der Waals surface area contributed by atoms with Crippen LogP contribution in [0.15, 0.2) is 12.2 Å². The Morgan fingerprint density at radius 1 is 1.24 bits per heavy atom. The summed E-state index contributed by atoms with van der Waals surface area (Å²) in [6, 6.07) is 0. The number of rotatable bonds is 7. The van der Waals surface area contributed by atoms with E-state index in [4.69, 9.17) is 13.9 Å². The van der Waals surface area contributed by atoms with Gasteiger partial charge in [-0.3, -0.25) is 0 Å². The number of hydrogen-bond donors (Lipinski definition) is 0. The minimum absolute atomic E-state index is 0.105. The maximum absolute atomic E-state index is 6.42. The molecule has 1 aliphatic rings. The van der Waals surface area contributed by atoms with Crippen molar-refractivity contribution in [3.05, 3.63) is 12.2 Å². The lowest BCUT2D eigenvalue weighted by atomic mass is 10.2. The summed E-state index contributed by atoms with van der Waals surface area (Å²) in [5, 5.41) is 0.240. The first-order valence-electron chi connectivity index (χ1n) is 7.84. The van der Waals surface area contributed by atoms with Gasteiger partial charge in [0.25, 0.3) is 0 Å². The van der Waals surface area contributed by atoms with E-state index < -0.39 is 8.32 Å². The fraction of sp³-hybridized carbons (Fsp3) is 0.875. The number of halogens is 1. The van der Waals surface area contributed by atoms with Crippen molar-refractivity contribution in [3.8, 4) is 0 Å². The lowest BCUT2D eigenvalue weighted by Crippen LogP contribution is -2.43. The summed E-state index contributed by atoms with van der Waals surface area (Å²) in [5.41, 5.74) is 0. The van der Waals surface area contributed by atoms with Crippen LogP contribution in [0, 0.1) is 0 Å². The second-order valence-corrected chi connectivity index (χ2v) is 13.9. The second kappa shape index (κ2) is 7.90. The van der Waals surface area contributed by atoms with E-state index in [-0.39, 0.29) is 23.5 Å². The van der Waals surface area contributed by atoms with E-state index in [0.29, 0.717) is 10.5 Å². The van der Waals surface area contributed by atoms with Gasteiger partial charge in [-0.25, -0.2) is 0 Å². The maximum Gasteiger partial charge on any atom is 0.192 e. The molecule has 0 aliphatic heterocycles. The normalized spacial score (nSPS) is 26.1. The van der Waals surface area contributed by atoms with Gasteiger partial charge in [0.05, 0.1) is 16.1 Å². The number of hydrogen-bond acceptors (Lipinski definition) is 3. The van der Waals surface area contributed by atoms with Crippen molar-refractivity contribution in [1.82, 2.24) is 0 Å². The first-order chi connectivity index (χ1) is 9.56. The molecule has 21 heavy (non-hydrogen) atoms. The molecule has 1 aliphatic carbocycles. The molecule has 1 rings (SSSR count). The molecule has 124 valence electrons. The zero-order valence-corrected chi connectivity index (χ0v) is 17.6. The molecule has 0 aromatic heterocycles. The Bertz CT molecular complexity index is 350. The van der Waals surface area contributed by atoms with Crippen molar-refractivity contribution in [2.24, 2.45) is 0 Å². The van der Waals surface area contributed by atoms with Gasteiger partial charge < -0.3 is 13.9 Å². The van der Waals surface area contributed by atoms with E-state index in [1.807, 2.05) is 6.92 Å². The van der Waals surface area contributed by atoms with Crippen molar-refractivity contribution in [1.29, 1.82) is 0 Å². The van der Waals surface area contributed by atoms with Crippen LogP contribution in [0.1, 0.15) is 41.0 Å². The fourth-order valence-corrected chi connectivity index (χ4v) is 3.66. The van der Waals surface area contributed by atoms with E-state index in [2.05, 4.69) is 75.5 Å².